The van der Waals surface area contributed by atoms with E-state index >= 15 is 0 Å². The highest BCUT2D eigenvalue weighted by atomic mass is 35.5. The number of nitrogens with zero attached hydrogens (tertiary/aromatic N) is 5. The second-order valence-electron chi connectivity index (χ2n) is 6.17. The third-order valence-corrected chi connectivity index (χ3v) is 5.63. The molecule has 0 aliphatic carbocycles. The molecule has 6 nitrogen and oxygen atoms in total. The van der Waals surface area contributed by atoms with Crippen molar-refractivity contribution in [2.45, 2.75) is 0 Å². The molecule has 0 radical (unpaired) electrons. The Morgan fingerprint density at radius 2 is 1.79 bits per heavy atom. The maximum Gasteiger partial charge on any atom is 0.249 e. The first-order chi connectivity index (χ1) is 14.2. The van der Waals surface area contributed by atoms with Gasteiger partial charge in [0, 0.05) is 21.5 Å². The molecule has 0 aliphatic rings. The Morgan fingerprint density at radius 1 is 0.931 bits per heavy atom. The minimum absolute atomic E-state index is 0.435. The van der Waals surface area contributed by atoms with Gasteiger partial charge in [-0.1, -0.05) is 53.5 Å². The number of benzene rings is 2. The van der Waals surface area contributed by atoms with Crippen LogP contribution in [-0.2, 0) is 0 Å². The largest absolute Gasteiger partial charge is 0.306 e. The molecular weight excluding hydrogens is 427 g/mol. The van der Waals surface area contributed by atoms with Gasteiger partial charge < -0.3 is 5.32 Å². The zero-order chi connectivity index (χ0) is 19.8. The molecule has 0 aliphatic heterocycles. The molecule has 0 fully saturated rings. The first-order valence-electron chi connectivity index (χ1n) is 8.63. The monoisotopic (exact) mass is 438 g/mol. The summed E-state index contributed by atoms with van der Waals surface area (Å²) in [6.07, 6.45) is 0. The summed E-state index contributed by atoms with van der Waals surface area (Å²) in [5.74, 6) is 0.999. The van der Waals surface area contributed by atoms with E-state index < -0.39 is 0 Å². The third kappa shape index (κ3) is 3.55. The summed E-state index contributed by atoms with van der Waals surface area (Å²) in [5, 5.41) is 19.2. The maximum absolute atomic E-state index is 6.35. The third-order valence-electron chi connectivity index (χ3n) is 4.26. The number of nitrogens with one attached hydrogen (secondary N) is 1. The van der Waals surface area contributed by atoms with E-state index in [2.05, 4.69) is 25.6 Å². The minimum atomic E-state index is 0.435. The van der Waals surface area contributed by atoms with Crippen molar-refractivity contribution in [3.8, 4) is 22.5 Å². The normalized spacial score (nSPS) is 11.1. The lowest BCUT2D eigenvalue weighted by Gasteiger charge is -2.03. The molecule has 142 valence electrons. The van der Waals surface area contributed by atoms with Crippen molar-refractivity contribution in [3.63, 3.8) is 0 Å². The maximum atomic E-state index is 6.35. The summed E-state index contributed by atoms with van der Waals surface area (Å²) in [7, 11) is 0. The van der Waals surface area contributed by atoms with Crippen LogP contribution in [0.3, 0.4) is 0 Å². The Balaban J connectivity index is 1.42. The highest BCUT2D eigenvalue weighted by Gasteiger charge is 2.14. The van der Waals surface area contributed by atoms with Crippen LogP contribution in [0.4, 0.5) is 11.8 Å². The van der Waals surface area contributed by atoms with E-state index in [4.69, 9.17) is 23.2 Å². The second kappa shape index (κ2) is 7.44. The molecule has 0 saturated carbocycles. The van der Waals surface area contributed by atoms with E-state index in [9.17, 15) is 0 Å². The first-order valence-corrected chi connectivity index (χ1v) is 10.3. The van der Waals surface area contributed by atoms with Crippen molar-refractivity contribution >= 4 is 51.3 Å². The van der Waals surface area contributed by atoms with E-state index in [0.717, 1.165) is 27.5 Å². The minimum Gasteiger partial charge on any atom is -0.306 e. The average molecular weight is 439 g/mol. The van der Waals surface area contributed by atoms with Crippen LogP contribution in [0.5, 0.6) is 0 Å². The van der Waals surface area contributed by atoms with Crippen molar-refractivity contribution in [3.05, 3.63) is 76.1 Å². The number of hydrogen-bond donors (Lipinski definition) is 1. The molecule has 3 heterocycles. The fourth-order valence-electron chi connectivity index (χ4n) is 2.89. The molecule has 0 spiro atoms. The van der Waals surface area contributed by atoms with Gasteiger partial charge >= 0.3 is 0 Å². The summed E-state index contributed by atoms with van der Waals surface area (Å²) in [4.78, 5) is 5.24. The number of thiazole rings is 1. The van der Waals surface area contributed by atoms with E-state index in [-0.39, 0.29) is 0 Å². The Labute approximate surface area is 179 Å². The Bertz CT molecular complexity index is 1300. The Hall–Kier alpha value is -3.00. The van der Waals surface area contributed by atoms with E-state index in [0.29, 0.717) is 21.8 Å². The molecule has 0 unspecified atom stereocenters. The lowest BCUT2D eigenvalue weighted by molar-refractivity contribution is 0.980. The van der Waals surface area contributed by atoms with E-state index in [1.807, 2.05) is 53.9 Å². The predicted octanol–water partition coefficient (Wildman–Crippen LogP) is 5.97. The van der Waals surface area contributed by atoms with Crippen LogP contribution in [0, 0.1) is 0 Å². The molecule has 0 atom stereocenters. The molecular formula is C20H12Cl2N6S. The van der Waals surface area contributed by atoms with E-state index in [1.165, 1.54) is 11.3 Å². The summed E-state index contributed by atoms with van der Waals surface area (Å²) >= 11 is 13.8. The zero-order valence-corrected chi connectivity index (χ0v) is 17.1. The Kier molecular flexibility index (Phi) is 4.63. The van der Waals surface area contributed by atoms with Crippen LogP contribution in [0.2, 0.25) is 10.0 Å². The smallest absolute Gasteiger partial charge is 0.249 e. The van der Waals surface area contributed by atoms with Gasteiger partial charge in [-0.2, -0.15) is 4.98 Å². The standard InChI is InChI=1S/C20H12Cl2N6S/c21-13-6-7-14(15(22)10-13)17-11-29-20-24-19(27-28(17)20)23-18-9-8-16(25-26-18)12-4-2-1-3-5-12/h1-11H,(H,23,26,27). The average Bonchev–Trinajstić information content (AvgIpc) is 3.30. The molecule has 0 amide bonds. The van der Waals surface area contributed by atoms with Crippen LogP contribution < -0.4 is 5.32 Å². The molecule has 0 bridgehead atoms. The van der Waals surface area contributed by atoms with Crippen molar-refractivity contribution in [2.75, 3.05) is 5.32 Å². The van der Waals surface area contributed by atoms with Crippen LogP contribution >= 0.6 is 34.5 Å². The number of rotatable bonds is 4. The van der Waals surface area contributed by atoms with Gasteiger partial charge in [-0.15, -0.1) is 26.6 Å². The first kappa shape index (κ1) is 18.1. The van der Waals surface area contributed by atoms with Gasteiger partial charge in [0.1, 0.15) is 0 Å². The van der Waals surface area contributed by atoms with Gasteiger partial charge in [0.25, 0.3) is 0 Å². The molecule has 5 aromatic rings. The van der Waals surface area contributed by atoms with Gasteiger partial charge in [-0.25, -0.2) is 4.52 Å². The zero-order valence-electron chi connectivity index (χ0n) is 14.8. The Morgan fingerprint density at radius 3 is 2.55 bits per heavy atom. The number of fused-ring (bicyclic) bond motifs is 1. The van der Waals surface area contributed by atoms with Crippen LogP contribution in [0.15, 0.2) is 66.0 Å². The van der Waals surface area contributed by atoms with Gasteiger partial charge in [-0.05, 0) is 30.3 Å². The SMILES string of the molecule is Clc1ccc(-c2csc3nc(Nc4ccc(-c5ccccc5)nn4)nn23)c(Cl)c1. The van der Waals surface area contributed by atoms with Crippen LogP contribution in [-0.4, -0.2) is 24.8 Å². The molecule has 29 heavy (non-hydrogen) atoms. The molecule has 5 rings (SSSR count). The lowest BCUT2D eigenvalue weighted by Crippen LogP contribution is -1.98. The molecule has 0 saturated heterocycles. The summed E-state index contributed by atoms with van der Waals surface area (Å²) in [5.41, 5.74) is 3.50. The van der Waals surface area contributed by atoms with Crippen molar-refractivity contribution in [2.24, 2.45) is 0 Å². The van der Waals surface area contributed by atoms with Gasteiger partial charge in [-0.3, -0.25) is 0 Å². The lowest BCUT2D eigenvalue weighted by atomic mass is 10.1. The highest BCUT2D eigenvalue weighted by molar-refractivity contribution is 7.15. The fourth-order valence-corrected chi connectivity index (χ4v) is 4.22. The van der Waals surface area contributed by atoms with Crippen molar-refractivity contribution < 1.29 is 0 Å². The summed E-state index contributed by atoms with van der Waals surface area (Å²) < 4.78 is 1.74. The second-order valence-corrected chi connectivity index (χ2v) is 7.85. The van der Waals surface area contributed by atoms with Crippen molar-refractivity contribution in [1.82, 2.24) is 24.8 Å². The quantitative estimate of drug-likeness (QED) is 0.374. The van der Waals surface area contributed by atoms with Gasteiger partial charge in [0.2, 0.25) is 10.9 Å². The summed E-state index contributed by atoms with van der Waals surface area (Å²) in [6.45, 7) is 0. The fraction of sp³-hybridized carbons (Fsp3) is 0. The van der Waals surface area contributed by atoms with Crippen LogP contribution in [0.25, 0.3) is 27.5 Å². The van der Waals surface area contributed by atoms with Gasteiger partial charge in [0.15, 0.2) is 5.82 Å². The van der Waals surface area contributed by atoms with Gasteiger partial charge in [0.05, 0.1) is 16.4 Å². The topological polar surface area (TPSA) is 68.0 Å². The number of hydrogen-bond acceptors (Lipinski definition) is 6. The summed E-state index contributed by atoms with van der Waals surface area (Å²) in [6, 6.07) is 19.0. The molecule has 3 aromatic heterocycles. The molecule has 1 N–H and O–H groups in total. The molecule has 9 heteroatoms. The highest BCUT2D eigenvalue weighted by Crippen LogP contribution is 2.33. The number of aromatic nitrogens is 5. The predicted molar refractivity (Wildman–Crippen MR) is 117 cm³/mol. The number of anilines is 2. The van der Waals surface area contributed by atoms with Crippen molar-refractivity contribution in [1.29, 1.82) is 0 Å². The van der Waals surface area contributed by atoms with E-state index in [1.54, 1.807) is 16.6 Å². The van der Waals surface area contributed by atoms with Crippen LogP contribution in [0.1, 0.15) is 0 Å². The molecule has 2 aromatic carbocycles. The number of halogens is 2.